The minimum absolute atomic E-state index is 0.163. The highest BCUT2D eigenvalue weighted by molar-refractivity contribution is 5.98. The van der Waals surface area contributed by atoms with E-state index >= 15 is 0 Å². The third-order valence-electron chi connectivity index (χ3n) is 5.80. The van der Waals surface area contributed by atoms with Crippen LogP contribution in [-0.2, 0) is 0 Å². The van der Waals surface area contributed by atoms with Crippen molar-refractivity contribution in [3.8, 4) is 0 Å². The molecule has 0 aliphatic heterocycles. The highest BCUT2D eigenvalue weighted by Crippen LogP contribution is 2.35. The number of hydrogen-bond acceptors (Lipinski definition) is 3. The number of hydrogen-bond donors (Lipinski definition) is 0. The molecule has 3 heteroatoms. The van der Waals surface area contributed by atoms with E-state index < -0.39 is 0 Å². The van der Waals surface area contributed by atoms with Crippen LogP contribution in [0.25, 0.3) is 11.0 Å². The summed E-state index contributed by atoms with van der Waals surface area (Å²) in [4.78, 5) is 22.9. The summed E-state index contributed by atoms with van der Waals surface area (Å²) in [5.74, 6) is 0.837. The highest BCUT2D eigenvalue weighted by Gasteiger charge is 2.29. The SMILES string of the molecule is O=C(c1nc2ccccc2nc1C1CCCCC1)C1CCCCC1. The van der Waals surface area contributed by atoms with Crippen LogP contribution in [0.1, 0.15) is 86.3 Å². The Bertz CT molecular complexity index is 728. The third kappa shape index (κ3) is 3.09. The highest BCUT2D eigenvalue weighted by atomic mass is 16.1. The Morgan fingerprint density at radius 1 is 0.792 bits per heavy atom. The van der Waals surface area contributed by atoms with Gasteiger partial charge >= 0.3 is 0 Å². The zero-order valence-corrected chi connectivity index (χ0v) is 14.3. The van der Waals surface area contributed by atoms with Crippen LogP contribution in [0.3, 0.4) is 0 Å². The number of Topliss-reactive ketones (excluding diaryl/α,β-unsaturated/α-hetero) is 1. The number of carbonyl (C=O) groups excluding carboxylic acids is 1. The van der Waals surface area contributed by atoms with Gasteiger partial charge in [-0.2, -0.15) is 0 Å². The molecule has 0 radical (unpaired) electrons. The lowest BCUT2D eigenvalue weighted by Crippen LogP contribution is -2.23. The van der Waals surface area contributed by atoms with Gasteiger partial charge in [0.25, 0.3) is 0 Å². The summed E-state index contributed by atoms with van der Waals surface area (Å²) in [5, 5.41) is 0. The largest absolute Gasteiger partial charge is 0.292 e. The van der Waals surface area contributed by atoms with Crippen LogP contribution < -0.4 is 0 Å². The number of rotatable bonds is 3. The normalized spacial score (nSPS) is 20.3. The Kier molecular flexibility index (Phi) is 4.59. The molecule has 0 bridgehead atoms. The summed E-state index contributed by atoms with van der Waals surface area (Å²) in [6.45, 7) is 0. The molecule has 0 atom stereocenters. The van der Waals surface area contributed by atoms with Gasteiger partial charge in [0.1, 0.15) is 5.69 Å². The second kappa shape index (κ2) is 7.00. The molecule has 0 unspecified atom stereocenters. The van der Waals surface area contributed by atoms with Crippen molar-refractivity contribution in [1.29, 1.82) is 0 Å². The Labute approximate surface area is 143 Å². The Morgan fingerprint density at radius 3 is 2.04 bits per heavy atom. The fourth-order valence-electron chi connectivity index (χ4n) is 4.41. The standard InChI is InChI=1S/C21H26N2O/c24-21(16-11-5-2-6-12-16)20-19(15-9-3-1-4-10-15)22-17-13-7-8-14-18(17)23-20/h7-8,13-16H,1-6,9-12H2. The Balaban J connectivity index is 1.76. The number of aromatic nitrogens is 2. The van der Waals surface area contributed by atoms with Gasteiger partial charge in [0.15, 0.2) is 5.78 Å². The zero-order valence-electron chi connectivity index (χ0n) is 14.3. The lowest BCUT2D eigenvalue weighted by atomic mass is 9.81. The first-order valence-corrected chi connectivity index (χ1v) is 9.64. The molecule has 0 amide bonds. The van der Waals surface area contributed by atoms with Gasteiger partial charge in [-0.1, -0.05) is 50.7 Å². The maximum atomic E-state index is 13.2. The molecule has 24 heavy (non-hydrogen) atoms. The fraction of sp³-hybridized carbons (Fsp3) is 0.571. The minimum Gasteiger partial charge on any atom is -0.292 e. The summed E-state index contributed by atoms with van der Waals surface area (Å²) in [6.07, 6.45) is 11.8. The smallest absolute Gasteiger partial charge is 0.186 e. The van der Waals surface area contributed by atoms with E-state index in [2.05, 4.69) is 0 Å². The maximum Gasteiger partial charge on any atom is 0.186 e. The molecule has 3 nitrogen and oxygen atoms in total. The summed E-state index contributed by atoms with van der Waals surface area (Å²) in [5.41, 5.74) is 3.46. The fourth-order valence-corrected chi connectivity index (χ4v) is 4.41. The van der Waals surface area contributed by atoms with Gasteiger partial charge in [-0.05, 0) is 37.8 Å². The van der Waals surface area contributed by atoms with Crippen LogP contribution in [0.2, 0.25) is 0 Å². The molecule has 1 heterocycles. The second-order valence-electron chi connectivity index (χ2n) is 7.48. The Hall–Kier alpha value is -1.77. The number of fused-ring (bicyclic) bond motifs is 1. The van der Waals surface area contributed by atoms with E-state index in [1.165, 1.54) is 38.5 Å². The molecule has 2 fully saturated rings. The maximum absolute atomic E-state index is 13.2. The molecule has 2 aromatic rings. The van der Waals surface area contributed by atoms with Crippen LogP contribution >= 0.6 is 0 Å². The topological polar surface area (TPSA) is 42.9 Å². The monoisotopic (exact) mass is 322 g/mol. The molecular weight excluding hydrogens is 296 g/mol. The first-order valence-electron chi connectivity index (χ1n) is 9.64. The predicted molar refractivity (Wildman–Crippen MR) is 96.3 cm³/mol. The van der Waals surface area contributed by atoms with Crippen LogP contribution in [0.15, 0.2) is 24.3 Å². The van der Waals surface area contributed by atoms with Gasteiger partial charge in [0, 0.05) is 11.8 Å². The van der Waals surface area contributed by atoms with Crippen molar-refractivity contribution >= 4 is 16.8 Å². The Morgan fingerprint density at radius 2 is 1.38 bits per heavy atom. The molecule has 0 spiro atoms. The molecule has 2 aliphatic rings. The number of para-hydroxylation sites is 2. The second-order valence-corrected chi connectivity index (χ2v) is 7.48. The molecule has 2 saturated carbocycles. The van der Waals surface area contributed by atoms with Crippen LogP contribution in [0.4, 0.5) is 0 Å². The van der Waals surface area contributed by atoms with Crippen molar-refractivity contribution in [1.82, 2.24) is 9.97 Å². The molecule has 0 saturated heterocycles. The van der Waals surface area contributed by atoms with E-state index in [9.17, 15) is 4.79 Å². The molecular formula is C21H26N2O. The zero-order chi connectivity index (χ0) is 16.4. The number of benzene rings is 1. The molecule has 126 valence electrons. The average Bonchev–Trinajstić information content (AvgIpc) is 2.68. The van der Waals surface area contributed by atoms with Crippen molar-refractivity contribution in [2.75, 3.05) is 0 Å². The lowest BCUT2D eigenvalue weighted by molar-refractivity contribution is 0.0882. The first kappa shape index (κ1) is 15.7. The molecule has 2 aliphatic carbocycles. The molecule has 0 N–H and O–H groups in total. The van der Waals surface area contributed by atoms with E-state index in [0.29, 0.717) is 11.6 Å². The van der Waals surface area contributed by atoms with Crippen LogP contribution in [0.5, 0.6) is 0 Å². The lowest BCUT2D eigenvalue weighted by Gasteiger charge is -2.25. The minimum atomic E-state index is 0.163. The van der Waals surface area contributed by atoms with Gasteiger partial charge in [0.2, 0.25) is 0 Å². The summed E-state index contributed by atoms with van der Waals surface area (Å²) in [7, 11) is 0. The first-order chi connectivity index (χ1) is 11.8. The van der Waals surface area contributed by atoms with E-state index in [-0.39, 0.29) is 11.7 Å². The number of nitrogens with zero attached hydrogens (tertiary/aromatic N) is 2. The van der Waals surface area contributed by atoms with E-state index in [1.54, 1.807) is 0 Å². The summed E-state index contributed by atoms with van der Waals surface area (Å²) in [6, 6.07) is 7.98. The van der Waals surface area contributed by atoms with Crippen molar-refractivity contribution in [2.24, 2.45) is 5.92 Å². The molecule has 4 rings (SSSR count). The quantitative estimate of drug-likeness (QED) is 0.707. The van der Waals surface area contributed by atoms with Gasteiger partial charge in [-0.15, -0.1) is 0 Å². The van der Waals surface area contributed by atoms with E-state index in [4.69, 9.17) is 9.97 Å². The van der Waals surface area contributed by atoms with E-state index in [0.717, 1.165) is 42.4 Å². The molecule has 1 aromatic carbocycles. The van der Waals surface area contributed by atoms with Crippen molar-refractivity contribution in [3.05, 3.63) is 35.7 Å². The van der Waals surface area contributed by atoms with Gasteiger partial charge in [0.05, 0.1) is 16.7 Å². The van der Waals surface area contributed by atoms with Gasteiger partial charge in [-0.3, -0.25) is 4.79 Å². The average molecular weight is 322 g/mol. The number of ketones is 1. The van der Waals surface area contributed by atoms with Crippen molar-refractivity contribution in [3.63, 3.8) is 0 Å². The van der Waals surface area contributed by atoms with Crippen molar-refractivity contribution in [2.45, 2.75) is 70.1 Å². The van der Waals surface area contributed by atoms with E-state index in [1.807, 2.05) is 24.3 Å². The predicted octanol–water partition coefficient (Wildman–Crippen LogP) is 5.44. The van der Waals surface area contributed by atoms with Gasteiger partial charge < -0.3 is 0 Å². The number of carbonyl (C=O) groups is 1. The van der Waals surface area contributed by atoms with Crippen LogP contribution in [0, 0.1) is 5.92 Å². The molecule has 1 aromatic heterocycles. The van der Waals surface area contributed by atoms with Crippen molar-refractivity contribution < 1.29 is 4.79 Å². The summed E-state index contributed by atoms with van der Waals surface area (Å²) < 4.78 is 0. The van der Waals surface area contributed by atoms with Crippen LogP contribution in [-0.4, -0.2) is 15.8 Å². The van der Waals surface area contributed by atoms with Gasteiger partial charge in [-0.25, -0.2) is 9.97 Å². The third-order valence-corrected chi connectivity index (χ3v) is 5.80. The summed E-state index contributed by atoms with van der Waals surface area (Å²) >= 11 is 0.